The smallest absolute Gasteiger partial charge is 0.322 e. The van der Waals surface area contributed by atoms with E-state index in [1.807, 2.05) is 6.92 Å². The quantitative estimate of drug-likeness (QED) is 0.527. The van der Waals surface area contributed by atoms with Crippen molar-refractivity contribution >= 4 is 23.7 Å². The van der Waals surface area contributed by atoms with Gasteiger partial charge in [-0.2, -0.15) is 11.8 Å². The molecule has 66 valence electrons. The number of rotatable bonds is 0. The van der Waals surface area contributed by atoms with Crippen LogP contribution in [0, 0.1) is 0 Å². The third-order valence-electron chi connectivity index (χ3n) is 2.53. The van der Waals surface area contributed by atoms with Crippen LogP contribution < -0.4 is 10.6 Å². The van der Waals surface area contributed by atoms with Crippen LogP contribution in [-0.2, 0) is 4.79 Å². The van der Waals surface area contributed by atoms with E-state index < -0.39 is 5.54 Å². The summed E-state index contributed by atoms with van der Waals surface area (Å²) in [6, 6.07) is -0.352. The summed E-state index contributed by atoms with van der Waals surface area (Å²) in [5, 5.41) is 5.17. The Hall–Kier alpha value is -0.710. The highest BCUT2D eigenvalue weighted by Crippen LogP contribution is 2.37. The Balaban J connectivity index is 2.31. The molecular weight excluding hydrogens is 176 g/mol. The number of amides is 3. The molecule has 2 fully saturated rings. The van der Waals surface area contributed by atoms with Gasteiger partial charge in [0.2, 0.25) is 0 Å². The molecule has 2 saturated heterocycles. The molecule has 5 heteroatoms. The normalized spacial score (nSPS) is 40.2. The summed E-state index contributed by atoms with van der Waals surface area (Å²) < 4.78 is 0. The molecule has 2 unspecified atom stereocenters. The van der Waals surface area contributed by atoms with E-state index in [1.165, 1.54) is 0 Å². The Morgan fingerprint density at radius 1 is 1.58 bits per heavy atom. The minimum atomic E-state index is -0.609. The zero-order valence-corrected chi connectivity index (χ0v) is 7.53. The number of carbonyl (C=O) groups is 2. The van der Waals surface area contributed by atoms with Crippen molar-refractivity contribution in [3.63, 3.8) is 0 Å². The summed E-state index contributed by atoms with van der Waals surface area (Å²) in [7, 11) is 0. The molecule has 2 aliphatic heterocycles. The zero-order chi connectivity index (χ0) is 8.77. The Labute approximate surface area is 74.5 Å². The average Bonchev–Trinajstić information content (AvgIpc) is 2.44. The third kappa shape index (κ3) is 0.857. The fraction of sp³-hybridized carbons (Fsp3) is 0.714. The third-order valence-corrected chi connectivity index (χ3v) is 3.87. The van der Waals surface area contributed by atoms with E-state index >= 15 is 0 Å². The molecule has 2 N–H and O–H groups in total. The van der Waals surface area contributed by atoms with Crippen LogP contribution in [0.5, 0.6) is 0 Å². The maximum atomic E-state index is 11.4. The van der Waals surface area contributed by atoms with Crippen molar-refractivity contribution in [1.29, 1.82) is 0 Å². The summed E-state index contributed by atoms with van der Waals surface area (Å²) in [5.41, 5.74) is -0.609. The predicted octanol–water partition coefficient (Wildman–Crippen LogP) is 0.0900. The summed E-state index contributed by atoms with van der Waals surface area (Å²) >= 11 is 1.72. The van der Waals surface area contributed by atoms with E-state index in [0.717, 1.165) is 12.2 Å². The van der Waals surface area contributed by atoms with Gasteiger partial charge >= 0.3 is 6.03 Å². The van der Waals surface area contributed by atoms with Gasteiger partial charge in [0.15, 0.2) is 0 Å². The molecule has 2 heterocycles. The van der Waals surface area contributed by atoms with Gasteiger partial charge in [-0.15, -0.1) is 0 Å². The highest BCUT2D eigenvalue weighted by Gasteiger charge is 2.52. The topological polar surface area (TPSA) is 58.2 Å². The fourth-order valence-corrected chi connectivity index (χ4v) is 3.07. The van der Waals surface area contributed by atoms with E-state index in [2.05, 4.69) is 10.6 Å². The van der Waals surface area contributed by atoms with Crippen LogP contribution in [-0.4, -0.2) is 28.5 Å². The second kappa shape index (κ2) is 2.39. The molecule has 2 rings (SSSR count). The molecule has 2 aliphatic rings. The molecule has 12 heavy (non-hydrogen) atoms. The number of thioether (sulfide) groups is 1. The summed E-state index contributed by atoms with van der Waals surface area (Å²) in [6.07, 6.45) is 0.746. The van der Waals surface area contributed by atoms with Gasteiger partial charge < -0.3 is 5.32 Å². The zero-order valence-electron chi connectivity index (χ0n) is 6.72. The van der Waals surface area contributed by atoms with Crippen LogP contribution in [0.4, 0.5) is 4.79 Å². The maximum absolute atomic E-state index is 11.4. The van der Waals surface area contributed by atoms with Gasteiger partial charge in [0.25, 0.3) is 5.91 Å². The predicted molar refractivity (Wildman–Crippen MR) is 45.9 cm³/mol. The van der Waals surface area contributed by atoms with Crippen LogP contribution in [0.2, 0.25) is 0 Å². The monoisotopic (exact) mass is 186 g/mol. The Morgan fingerprint density at radius 2 is 2.33 bits per heavy atom. The molecular formula is C7H10N2O2S. The highest BCUT2D eigenvalue weighted by atomic mass is 32.2. The summed E-state index contributed by atoms with van der Waals surface area (Å²) in [6.45, 7) is 1.98. The molecule has 1 spiro atoms. The van der Waals surface area contributed by atoms with Crippen molar-refractivity contribution in [2.75, 3.05) is 5.75 Å². The van der Waals surface area contributed by atoms with E-state index in [9.17, 15) is 9.59 Å². The van der Waals surface area contributed by atoms with Crippen molar-refractivity contribution in [3.8, 4) is 0 Å². The second-order valence-electron chi connectivity index (χ2n) is 3.14. The van der Waals surface area contributed by atoms with Gasteiger partial charge in [0, 0.05) is 5.25 Å². The lowest BCUT2D eigenvalue weighted by Crippen LogP contribution is -2.51. The first-order valence-electron chi connectivity index (χ1n) is 3.90. The van der Waals surface area contributed by atoms with Gasteiger partial charge in [-0.3, -0.25) is 10.1 Å². The van der Waals surface area contributed by atoms with Gasteiger partial charge in [0.05, 0.1) is 0 Å². The molecule has 0 bridgehead atoms. The summed E-state index contributed by atoms with van der Waals surface area (Å²) in [5.74, 6) is 0.777. The van der Waals surface area contributed by atoms with Crippen molar-refractivity contribution in [2.45, 2.75) is 24.1 Å². The van der Waals surface area contributed by atoms with Crippen molar-refractivity contribution in [2.24, 2.45) is 0 Å². The summed E-state index contributed by atoms with van der Waals surface area (Å²) in [4.78, 5) is 22.3. The highest BCUT2D eigenvalue weighted by molar-refractivity contribution is 8.00. The second-order valence-corrected chi connectivity index (χ2v) is 4.59. The number of hydrogen-bond donors (Lipinski definition) is 2. The molecule has 0 aliphatic carbocycles. The molecule has 3 amide bonds. The Morgan fingerprint density at radius 3 is 2.75 bits per heavy atom. The van der Waals surface area contributed by atoms with Crippen LogP contribution in [0.3, 0.4) is 0 Å². The molecule has 0 aromatic carbocycles. The first-order valence-corrected chi connectivity index (χ1v) is 4.95. The van der Waals surface area contributed by atoms with E-state index in [-0.39, 0.29) is 17.2 Å². The lowest BCUT2D eigenvalue weighted by molar-refractivity contribution is -0.123. The van der Waals surface area contributed by atoms with Crippen molar-refractivity contribution in [1.82, 2.24) is 10.6 Å². The maximum Gasteiger partial charge on any atom is 0.322 e. The molecule has 2 atom stereocenters. The first kappa shape index (κ1) is 7.91. The molecule has 4 nitrogen and oxygen atoms in total. The van der Waals surface area contributed by atoms with Gasteiger partial charge in [-0.25, -0.2) is 4.79 Å². The molecule has 0 saturated carbocycles. The Kier molecular flexibility index (Phi) is 1.57. The lowest BCUT2D eigenvalue weighted by atomic mass is 9.93. The Bertz CT molecular complexity index is 256. The lowest BCUT2D eigenvalue weighted by Gasteiger charge is -2.23. The number of carbonyl (C=O) groups excluding carboxylic acids is 2. The van der Waals surface area contributed by atoms with Crippen LogP contribution in [0.25, 0.3) is 0 Å². The minimum Gasteiger partial charge on any atom is -0.322 e. The minimum absolute atomic E-state index is 0.162. The van der Waals surface area contributed by atoms with E-state index in [0.29, 0.717) is 0 Å². The van der Waals surface area contributed by atoms with Gasteiger partial charge in [-0.1, -0.05) is 6.92 Å². The number of nitrogens with one attached hydrogen (secondary N) is 2. The van der Waals surface area contributed by atoms with Gasteiger partial charge in [-0.05, 0) is 12.2 Å². The van der Waals surface area contributed by atoms with Crippen LogP contribution >= 0.6 is 11.8 Å². The van der Waals surface area contributed by atoms with Crippen LogP contribution in [0.15, 0.2) is 0 Å². The SMILES string of the molecule is CC1SCCC12NC(=O)NC2=O. The molecule has 0 aromatic heterocycles. The molecule has 0 radical (unpaired) electrons. The van der Waals surface area contributed by atoms with Crippen LogP contribution in [0.1, 0.15) is 13.3 Å². The average molecular weight is 186 g/mol. The number of urea groups is 1. The van der Waals surface area contributed by atoms with Gasteiger partial charge in [0.1, 0.15) is 5.54 Å². The largest absolute Gasteiger partial charge is 0.322 e. The standard InChI is InChI=1S/C7H10N2O2S/c1-4-7(2-3-12-4)5(10)8-6(11)9-7/h4H,2-3H2,1H3,(H2,8,9,10,11). The fourth-order valence-electron chi connectivity index (χ4n) is 1.71. The van der Waals surface area contributed by atoms with E-state index in [1.54, 1.807) is 11.8 Å². The number of imide groups is 1. The van der Waals surface area contributed by atoms with Crippen molar-refractivity contribution < 1.29 is 9.59 Å². The van der Waals surface area contributed by atoms with Crippen molar-refractivity contribution in [3.05, 3.63) is 0 Å². The number of hydrogen-bond acceptors (Lipinski definition) is 3. The molecule has 0 aromatic rings. The first-order chi connectivity index (χ1) is 5.65. The van der Waals surface area contributed by atoms with E-state index in [4.69, 9.17) is 0 Å².